The molecule has 1 saturated heterocycles. The van der Waals surface area contributed by atoms with Gasteiger partial charge in [-0.3, -0.25) is 9.89 Å². The number of rotatable bonds is 8. The maximum Gasteiger partial charge on any atom is 0.387 e. The summed E-state index contributed by atoms with van der Waals surface area (Å²) in [5.74, 6) is 0.738. The second-order valence-corrected chi connectivity index (χ2v) is 8.03. The number of guanidine groups is 1. The van der Waals surface area contributed by atoms with E-state index in [4.69, 9.17) is 4.74 Å². The molecule has 2 N–H and O–H groups in total. The highest BCUT2D eigenvalue weighted by atomic mass is 19.3. The summed E-state index contributed by atoms with van der Waals surface area (Å²) in [5, 5.41) is 6.39. The van der Waals surface area contributed by atoms with Crippen LogP contribution in [0.5, 0.6) is 5.75 Å². The molecule has 1 aliphatic rings. The summed E-state index contributed by atoms with van der Waals surface area (Å²) in [5.41, 5.74) is 3.03. The third-order valence-electron chi connectivity index (χ3n) is 5.24. The van der Waals surface area contributed by atoms with Crippen molar-refractivity contribution in [2.75, 3.05) is 20.1 Å². The Kier molecular flexibility index (Phi) is 8.81. The van der Waals surface area contributed by atoms with E-state index in [-0.39, 0.29) is 18.0 Å². The van der Waals surface area contributed by atoms with Gasteiger partial charge in [0.05, 0.1) is 12.2 Å². The van der Waals surface area contributed by atoms with Crippen LogP contribution in [0, 0.1) is 0 Å². The Morgan fingerprint density at radius 3 is 2.31 bits per heavy atom. The van der Waals surface area contributed by atoms with Gasteiger partial charge in [-0.15, -0.1) is 0 Å². The number of morpholine rings is 1. The minimum atomic E-state index is -2.85. The van der Waals surface area contributed by atoms with Crippen LogP contribution in [-0.2, 0) is 24.4 Å². The van der Waals surface area contributed by atoms with Gasteiger partial charge >= 0.3 is 6.61 Å². The first kappa shape index (κ1) is 23.9. The number of para-hydroxylation sites is 1. The molecule has 2 aromatic carbocycles. The minimum absolute atomic E-state index is 0.157. The number of ether oxygens (including phenoxy) is 2. The van der Waals surface area contributed by atoms with E-state index in [1.165, 1.54) is 11.6 Å². The number of nitrogens with zero attached hydrogens (tertiary/aromatic N) is 2. The molecule has 2 atom stereocenters. The smallest absolute Gasteiger partial charge is 0.387 e. The standard InChI is InChI=1S/C24H32F2N4O2/c1-17-14-30(15-18(2)31-17)16-20-10-8-19(9-11-20)12-28-24(27-3)29-13-21-6-4-5-7-22(21)32-23(25)26/h4-11,17-18,23H,12-16H2,1-3H3,(H2,27,28,29). The lowest BCUT2D eigenvalue weighted by Gasteiger charge is -2.35. The third-order valence-corrected chi connectivity index (χ3v) is 5.24. The quantitative estimate of drug-likeness (QED) is 0.478. The third kappa shape index (κ3) is 7.46. The average Bonchev–Trinajstić information content (AvgIpc) is 2.75. The van der Waals surface area contributed by atoms with E-state index >= 15 is 0 Å². The zero-order valence-corrected chi connectivity index (χ0v) is 18.9. The summed E-state index contributed by atoms with van der Waals surface area (Å²) in [6.07, 6.45) is 0.519. The number of aliphatic imine (C=N–C) groups is 1. The average molecular weight is 447 g/mol. The van der Waals surface area contributed by atoms with Gasteiger partial charge < -0.3 is 20.1 Å². The molecule has 0 saturated carbocycles. The lowest BCUT2D eigenvalue weighted by atomic mass is 10.1. The van der Waals surface area contributed by atoms with Crippen molar-refractivity contribution in [3.05, 3.63) is 65.2 Å². The Morgan fingerprint density at radius 2 is 1.66 bits per heavy atom. The van der Waals surface area contributed by atoms with E-state index in [0.717, 1.165) is 25.2 Å². The maximum atomic E-state index is 12.6. The molecule has 0 spiro atoms. The van der Waals surface area contributed by atoms with Gasteiger partial charge in [-0.25, -0.2) is 0 Å². The van der Waals surface area contributed by atoms with E-state index in [9.17, 15) is 8.78 Å². The fourth-order valence-corrected chi connectivity index (χ4v) is 3.88. The number of nitrogens with one attached hydrogen (secondary N) is 2. The predicted molar refractivity (Wildman–Crippen MR) is 122 cm³/mol. The SMILES string of the molecule is CN=C(NCc1ccc(CN2CC(C)OC(C)C2)cc1)NCc1ccccc1OC(F)F. The summed E-state index contributed by atoms with van der Waals surface area (Å²) in [4.78, 5) is 6.63. The largest absolute Gasteiger partial charge is 0.434 e. The van der Waals surface area contributed by atoms with Crippen molar-refractivity contribution in [2.24, 2.45) is 4.99 Å². The summed E-state index contributed by atoms with van der Waals surface area (Å²) in [7, 11) is 1.67. The highest BCUT2D eigenvalue weighted by Crippen LogP contribution is 2.20. The molecule has 1 heterocycles. The van der Waals surface area contributed by atoms with Crippen molar-refractivity contribution in [2.45, 2.75) is 52.3 Å². The predicted octanol–water partition coefficient (Wildman–Crippen LogP) is 3.76. The van der Waals surface area contributed by atoms with Crippen LogP contribution < -0.4 is 15.4 Å². The molecule has 0 aromatic heterocycles. The zero-order chi connectivity index (χ0) is 22.9. The molecule has 2 unspecified atom stereocenters. The van der Waals surface area contributed by atoms with Gasteiger partial charge in [0.1, 0.15) is 5.75 Å². The summed E-state index contributed by atoms with van der Waals surface area (Å²) in [6.45, 7) is 5.09. The summed E-state index contributed by atoms with van der Waals surface area (Å²) >= 11 is 0. The highest BCUT2D eigenvalue weighted by molar-refractivity contribution is 5.79. The molecule has 1 fully saturated rings. The van der Waals surface area contributed by atoms with Crippen LogP contribution in [0.25, 0.3) is 0 Å². The van der Waals surface area contributed by atoms with Gasteiger partial charge in [0.15, 0.2) is 5.96 Å². The van der Waals surface area contributed by atoms with Crippen LogP contribution in [0.2, 0.25) is 0 Å². The first-order chi connectivity index (χ1) is 15.4. The number of benzene rings is 2. The van der Waals surface area contributed by atoms with E-state index in [2.05, 4.69) is 63.4 Å². The Morgan fingerprint density at radius 1 is 1.03 bits per heavy atom. The van der Waals surface area contributed by atoms with Gasteiger partial charge in [-0.1, -0.05) is 42.5 Å². The molecule has 1 aliphatic heterocycles. The summed E-state index contributed by atoms with van der Waals surface area (Å²) < 4.78 is 35.5. The van der Waals surface area contributed by atoms with Gasteiger partial charge in [0.25, 0.3) is 0 Å². The highest BCUT2D eigenvalue weighted by Gasteiger charge is 2.21. The number of halogens is 2. The molecule has 6 nitrogen and oxygen atoms in total. The summed E-state index contributed by atoms with van der Waals surface area (Å²) in [6, 6.07) is 15.2. The Hall–Kier alpha value is -2.71. The van der Waals surface area contributed by atoms with Crippen LogP contribution in [0.3, 0.4) is 0 Å². The Labute approximate surface area is 188 Å². The lowest BCUT2D eigenvalue weighted by molar-refractivity contribution is -0.0705. The monoisotopic (exact) mass is 446 g/mol. The molecule has 32 heavy (non-hydrogen) atoms. The molecule has 0 amide bonds. The first-order valence-corrected chi connectivity index (χ1v) is 10.9. The van der Waals surface area contributed by atoms with E-state index < -0.39 is 6.61 Å². The fourth-order valence-electron chi connectivity index (χ4n) is 3.88. The Balaban J connectivity index is 1.48. The minimum Gasteiger partial charge on any atom is -0.434 e. The lowest BCUT2D eigenvalue weighted by Crippen LogP contribution is -2.44. The van der Waals surface area contributed by atoms with Crippen LogP contribution in [0.4, 0.5) is 8.78 Å². The van der Waals surface area contributed by atoms with E-state index in [1.807, 2.05) is 0 Å². The first-order valence-electron chi connectivity index (χ1n) is 10.9. The zero-order valence-electron chi connectivity index (χ0n) is 18.9. The molecular weight excluding hydrogens is 414 g/mol. The van der Waals surface area contributed by atoms with Gasteiger partial charge in [0.2, 0.25) is 0 Å². The number of hydrogen-bond acceptors (Lipinski definition) is 4. The maximum absolute atomic E-state index is 12.6. The molecule has 3 rings (SSSR count). The number of hydrogen-bond donors (Lipinski definition) is 2. The van der Waals surface area contributed by atoms with E-state index in [0.29, 0.717) is 24.6 Å². The molecule has 0 bridgehead atoms. The number of alkyl halides is 2. The van der Waals surface area contributed by atoms with Gasteiger partial charge in [0, 0.05) is 45.3 Å². The van der Waals surface area contributed by atoms with Crippen molar-refractivity contribution in [1.29, 1.82) is 0 Å². The second kappa shape index (κ2) is 11.8. The van der Waals surface area contributed by atoms with Crippen LogP contribution in [0.1, 0.15) is 30.5 Å². The van der Waals surface area contributed by atoms with Crippen molar-refractivity contribution in [3.63, 3.8) is 0 Å². The van der Waals surface area contributed by atoms with Gasteiger partial charge in [-0.05, 0) is 31.0 Å². The van der Waals surface area contributed by atoms with Crippen molar-refractivity contribution in [1.82, 2.24) is 15.5 Å². The van der Waals surface area contributed by atoms with Crippen molar-refractivity contribution in [3.8, 4) is 5.75 Å². The van der Waals surface area contributed by atoms with Crippen LogP contribution in [-0.4, -0.2) is 49.8 Å². The second-order valence-electron chi connectivity index (χ2n) is 8.03. The molecule has 2 aromatic rings. The Bertz CT molecular complexity index is 867. The topological polar surface area (TPSA) is 58.1 Å². The fraction of sp³-hybridized carbons (Fsp3) is 0.458. The van der Waals surface area contributed by atoms with Crippen LogP contribution >= 0.6 is 0 Å². The molecule has 174 valence electrons. The molecule has 0 aliphatic carbocycles. The van der Waals surface area contributed by atoms with Gasteiger partial charge in [-0.2, -0.15) is 8.78 Å². The molecule has 0 radical (unpaired) electrons. The van der Waals surface area contributed by atoms with E-state index in [1.54, 1.807) is 25.2 Å². The molecular formula is C24H32F2N4O2. The molecule has 8 heteroatoms. The normalized spacial score (nSPS) is 19.8. The van der Waals surface area contributed by atoms with Crippen LogP contribution in [0.15, 0.2) is 53.5 Å². The van der Waals surface area contributed by atoms with Crippen molar-refractivity contribution >= 4 is 5.96 Å². The van der Waals surface area contributed by atoms with Crippen molar-refractivity contribution < 1.29 is 18.3 Å².